The number of amides is 2. The minimum Gasteiger partial charge on any atom is -0.352 e. The van der Waals surface area contributed by atoms with Crippen molar-refractivity contribution in [2.75, 3.05) is 6.54 Å². The Labute approximate surface area is 109 Å². The summed E-state index contributed by atoms with van der Waals surface area (Å²) in [7, 11) is 0. The zero-order chi connectivity index (χ0) is 12.7. The lowest BCUT2D eigenvalue weighted by Gasteiger charge is -2.08. The van der Waals surface area contributed by atoms with Crippen LogP contribution in [0.2, 0.25) is 0 Å². The number of carbonyl (C=O) groups is 2. The molecule has 0 bridgehead atoms. The van der Waals surface area contributed by atoms with E-state index in [4.69, 9.17) is 12.2 Å². The monoisotopic (exact) mass is 261 g/mol. The van der Waals surface area contributed by atoms with Crippen LogP contribution in [-0.4, -0.2) is 23.5 Å². The van der Waals surface area contributed by atoms with Crippen molar-refractivity contribution >= 4 is 29.1 Å². The topological polar surface area (TPSA) is 70.2 Å². The minimum absolute atomic E-state index is 0.0495. The molecule has 0 unspecified atom stereocenters. The number of nitrogens with one attached hydrogen (secondary N) is 3. The lowest BCUT2D eigenvalue weighted by Crippen LogP contribution is -2.24. The molecule has 92 valence electrons. The smallest absolute Gasteiger partial charge is 0.274 e. The maximum absolute atomic E-state index is 11.8. The van der Waals surface area contributed by atoms with Crippen molar-refractivity contribution in [3.8, 4) is 0 Å². The predicted octanol–water partition coefficient (Wildman–Crippen LogP) is 0.0212. The molecule has 5 nitrogen and oxygen atoms in total. The zero-order valence-electron chi connectivity index (χ0n) is 9.50. The van der Waals surface area contributed by atoms with E-state index in [9.17, 15) is 9.59 Å². The molecule has 0 aromatic carbocycles. The van der Waals surface area contributed by atoms with Gasteiger partial charge in [0.05, 0.1) is 0 Å². The summed E-state index contributed by atoms with van der Waals surface area (Å²) in [5.74, 6) is -0.275. The standard InChI is InChI=1S/C12H11N3O2S/c16-10-8-3-1-2-6(8)7(4-5-13-10)9-11(17)15-12(18)14-9/h1-2H,3-5H2,(H,13,16)(H2,14,15,17,18)/b9-7+. The van der Waals surface area contributed by atoms with Crippen molar-refractivity contribution in [2.24, 2.45) is 0 Å². The highest BCUT2D eigenvalue weighted by atomic mass is 32.1. The van der Waals surface area contributed by atoms with Crippen LogP contribution in [0.15, 0.2) is 34.6 Å². The Hall–Kier alpha value is -1.95. The number of rotatable bonds is 0. The highest BCUT2D eigenvalue weighted by molar-refractivity contribution is 7.80. The number of thiocarbonyl (C=S) groups is 1. The highest BCUT2D eigenvalue weighted by Crippen LogP contribution is 2.31. The second-order valence-corrected chi connectivity index (χ2v) is 4.67. The van der Waals surface area contributed by atoms with Gasteiger partial charge in [-0.1, -0.05) is 12.2 Å². The third-order valence-electron chi connectivity index (χ3n) is 3.19. The van der Waals surface area contributed by atoms with E-state index in [-0.39, 0.29) is 11.8 Å². The quantitative estimate of drug-likeness (QED) is 0.425. The first-order valence-corrected chi connectivity index (χ1v) is 6.11. The summed E-state index contributed by atoms with van der Waals surface area (Å²) in [4.78, 5) is 23.6. The van der Waals surface area contributed by atoms with Crippen molar-refractivity contribution in [1.82, 2.24) is 16.0 Å². The molecule has 18 heavy (non-hydrogen) atoms. The molecule has 1 saturated heterocycles. The summed E-state index contributed by atoms with van der Waals surface area (Å²) in [6.45, 7) is 0.528. The van der Waals surface area contributed by atoms with Crippen LogP contribution in [-0.2, 0) is 9.59 Å². The van der Waals surface area contributed by atoms with Crippen LogP contribution in [0.1, 0.15) is 12.8 Å². The maximum atomic E-state index is 11.8. The Morgan fingerprint density at radius 3 is 2.67 bits per heavy atom. The summed E-state index contributed by atoms with van der Waals surface area (Å²) in [6.07, 6.45) is 5.07. The molecule has 3 N–H and O–H groups in total. The van der Waals surface area contributed by atoms with Crippen LogP contribution in [0, 0.1) is 0 Å². The van der Waals surface area contributed by atoms with Gasteiger partial charge in [0.2, 0.25) is 5.91 Å². The van der Waals surface area contributed by atoms with E-state index in [0.717, 1.165) is 16.7 Å². The SMILES string of the molecule is O=C1NCC/C(=C2\NC(=S)NC2=O)C2=C1CC=C2. The van der Waals surface area contributed by atoms with Gasteiger partial charge in [-0.2, -0.15) is 0 Å². The third kappa shape index (κ3) is 1.65. The molecule has 0 saturated carbocycles. The number of carbonyl (C=O) groups excluding carboxylic acids is 2. The number of hydrogen-bond acceptors (Lipinski definition) is 3. The summed E-state index contributed by atoms with van der Waals surface area (Å²) in [5, 5.41) is 8.57. The fraction of sp³-hybridized carbons (Fsp3) is 0.250. The molecule has 0 atom stereocenters. The Morgan fingerprint density at radius 2 is 1.94 bits per heavy atom. The molecule has 0 radical (unpaired) electrons. The summed E-state index contributed by atoms with van der Waals surface area (Å²) >= 11 is 4.93. The predicted molar refractivity (Wildman–Crippen MR) is 69.3 cm³/mol. The first-order valence-electron chi connectivity index (χ1n) is 5.70. The van der Waals surface area contributed by atoms with Gasteiger partial charge in [0.1, 0.15) is 5.70 Å². The summed E-state index contributed by atoms with van der Waals surface area (Å²) < 4.78 is 0. The van der Waals surface area contributed by atoms with Crippen LogP contribution >= 0.6 is 12.2 Å². The Morgan fingerprint density at radius 1 is 1.11 bits per heavy atom. The lowest BCUT2D eigenvalue weighted by molar-refractivity contribution is -0.117. The van der Waals surface area contributed by atoms with Gasteiger partial charge in [-0.25, -0.2) is 0 Å². The zero-order valence-corrected chi connectivity index (χ0v) is 10.3. The van der Waals surface area contributed by atoms with Gasteiger partial charge in [-0.3, -0.25) is 14.9 Å². The van der Waals surface area contributed by atoms with Crippen LogP contribution in [0.3, 0.4) is 0 Å². The molecule has 2 amide bonds. The van der Waals surface area contributed by atoms with Gasteiger partial charge in [-0.15, -0.1) is 0 Å². The second-order valence-electron chi connectivity index (χ2n) is 4.27. The van der Waals surface area contributed by atoms with Crippen molar-refractivity contribution in [3.05, 3.63) is 34.6 Å². The van der Waals surface area contributed by atoms with E-state index in [0.29, 0.717) is 30.2 Å². The average molecular weight is 261 g/mol. The fourth-order valence-electron chi connectivity index (χ4n) is 2.38. The van der Waals surface area contributed by atoms with E-state index >= 15 is 0 Å². The molecule has 0 spiro atoms. The summed E-state index contributed by atoms with van der Waals surface area (Å²) in [5.41, 5.74) is 2.90. The second kappa shape index (κ2) is 4.06. The van der Waals surface area contributed by atoms with E-state index < -0.39 is 0 Å². The van der Waals surface area contributed by atoms with Crippen molar-refractivity contribution in [1.29, 1.82) is 0 Å². The molecular weight excluding hydrogens is 250 g/mol. The fourth-order valence-corrected chi connectivity index (χ4v) is 2.58. The summed E-state index contributed by atoms with van der Waals surface area (Å²) in [6, 6.07) is 0. The lowest BCUT2D eigenvalue weighted by atomic mass is 9.98. The molecule has 0 aromatic heterocycles. The van der Waals surface area contributed by atoms with Crippen LogP contribution < -0.4 is 16.0 Å². The Balaban J connectivity index is 2.13. The van der Waals surface area contributed by atoms with Gasteiger partial charge in [0.25, 0.3) is 5.91 Å². The number of allylic oxidation sites excluding steroid dienone is 3. The molecule has 2 heterocycles. The minimum atomic E-state index is -0.225. The molecule has 1 aliphatic carbocycles. The van der Waals surface area contributed by atoms with Crippen molar-refractivity contribution in [3.63, 3.8) is 0 Å². The molecule has 3 rings (SSSR count). The van der Waals surface area contributed by atoms with E-state index in [2.05, 4.69) is 16.0 Å². The normalized spacial score (nSPS) is 26.8. The van der Waals surface area contributed by atoms with E-state index in [1.165, 1.54) is 0 Å². The van der Waals surface area contributed by atoms with Gasteiger partial charge in [0, 0.05) is 12.1 Å². The van der Waals surface area contributed by atoms with Gasteiger partial charge in [0.15, 0.2) is 5.11 Å². The van der Waals surface area contributed by atoms with E-state index in [1.54, 1.807) is 0 Å². The number of hydrogen-bond donors (Lipinski definition) is 3. The van der Waals surface area contributed by atoms with Crippen molar-refractivity contribution in [2.45, 2.75) is 12.8 Å². The molecule has 3 aliphatic rings. The van der Waals surface area contributed by atoms with Crippen LogP contribution in [0.5, 0.6) is 0 Å². The van der Waals surface area contributed by atoms with Crippen LogP contribution in [0.25, 0.3) is 0 Å². The van der Waals surface area contributed by atoms with Crippen LogP contribution in [0.4, 0.5) is 0 Å². The highest BCUT2D eigenvalue weighted by Gasteiger charge is 2.30. The van der Waals surface area contributed by atoms with Crippen molar-refractivity contribution < 1.29 is 9.59 Å². The third-order valence-corrected chi connectivity index (χ3v) is 3.39. The molecule has 1 fully saturated rings. The van der Waals surface area contributed by atoms with Gasteiger partial charge in [-0.05, 0) is 36.2 Å². The first kappa shape index (κ1) is 11.2. The molecule has 0 aromatic rings. The largest absolute Gasteiger partial charge is 0.352 e. The Kier molecular flexibility index (Phi) is 2.52. The maximum Gasteiger partial charge on any atom is 0.274 e. The first-order chi connectivity index (χ1) is 8.66. The van der Waals surface area contributed by atoms with E-state index in [1.807, 2.05) is 12.2 Å². The van der Waals surface area contributed by atoms with Gasteiger partial charge < -0.3 is 10.6 Å². The molecule has 2 aliphatic heterocycles. The molecular formula is C12H11N3O2S. The molecule has 6 heteroatoms. The van der Waals surface area contributed by atoms with Gasteiger partial charge >= 0.3 is 0 Å². The Bertz CT molecular complexity index is 572. The average Bonchev–Trinajstić information content (AvgIpc) is 2.88.